The first-order chi connectivity index (χ1) is 27.8. The van der Waals surface area contributed by atoms with Crippen LogP contribution in [-0.4, -0.2) is 54.1 Å². The van der Waals surface area contributed by atoms with Crippen molar-refractivity contribution in [1.29, 1.82) is 0 Å². The summed E-state index contributed by atoms with van der Waals surface area (Å²) in [6, 6.07) is -1.09. The van der Waals surface area contributed by atoms with Gasteiger partial charge in [0, 0.05) is 83.1 Å². The molecule has 0 fully saturated rings. The molecule has 2 atom stereocenters. The van der Waals surface area contributed by atoms with Gasteiger partial charge in [0.1, 0.15) is 5.95 Å². The van der Waals surface area contributed by atoms with E-state index in [1.165, 1.54) is 128 Å². The standard InChI is InChI=1S/2C17H35NO2.C9H13N5O4.2Y/c2*1-3-5-7-9-10-12-14-16(15-20-17(18)19)13-11-8-6-4-2;1-4-5(2-3-18-8(11)17)6(15)13-9(12-4)14-7(10)16;;/h2*16H,3-15H2,1-2H3,(H2,18,19);2-3H2,1H3,(H6,10,11,12,13,14,15,16,17);;/p-4. The molecule has 5 amide bonds. The smallest absolute Gasteiger partial charge is 0.254 e. The Labute approximate surface area is 412 Å². The molecule has 0 aliphatic rings. The van der Waals surface area contributed by atoms with Crippen LogP contribution in [-0.2, 0) is 86.0 Å². The van der Waals surface area contributed by atoms with Crippen molar-refractivity contribution in [3.8, 4) is 0 Å². The number of anilines is 1. The van der Waals surface area contributed by atoms with Gasteiger partial charge in [-0.25, -0.2) is 4.98 Å². The Kier molecular flexibility index (Phi) is 50.4. The molecule has 1 rings (SSSR count). The van der Waals surface area contributed by atoms with Gasteiger partial charge in [0.25, 0.3) is 5.56 Å². The van der Waals surface area contributed by atoms with E-state index in [4.69, 9.17) is 32.4 Å². The number of urea groups is 1. The largest absolute Gasteiger partial charge is 0.632 e. The molecule has 2 radical (unpaired) electrons. The van der Waals surface area contributed by atoms with E-state index >= 15 is 0 Å². The molecule has 1 aromatic heterocycles. The quantitative estimate of drug-likeness (QED) is 0.0514. The molecule has 6 N–H and O–H groups in total. The van der Waals surface area contributed by atoms with Crippen LogP contribution in [0.1, 0.15) is 193 Å². The fourth-order valence-corrected chi connectivity index (χ4v) is 6.47. The second-order valence-corrected chi connectivity index (χ2v) is 15.1. The first kappa shape index (κ1) is 64.8. The number of ether oxygens (including phenoxy) is 3. The van der Waals surface area contributed by atoms with Crippen molar-refractivity contribution in [3.63, 3.8) is 0 Å². The van der Waals surface area contributed by atoms with E-state index in [0.29, 0.717) is 36.3 Å². The third kappa shape index (κ3) is 44.2. The van der Waals surface area contributed by atoms with Crippen LogP contribution in [0.25, 0.3) is 22.9 Å². The molecule has 1 heterocycles. The molecule has 0 aromatic carbocycles. The number of aryl methyl sites for hydroxylation is 1. The maximum atomic E-state index is 11.6. The minimum absolute atomic E-state index is 0. The van der Waals surface area contributed by atoms with Crippen LogP contribution in [0.15, 0.2) is 4.79 Å². The van der Waals surface area contributed by atoms with Crippen LogP contribution in [0.3, 0.4) is 0 Å². The molecular weight excluding hydrogens is 920 g/mol. The van der Waals surface area contributed by atoms with Crippen LogP contribution >= 0.6 is 0 Å². The molecule has 0 saturated carbocycles. The van der Waals surface area contributed by atoms with Crippen molar-refractivity contribution in [2.24, 2.45) is 11.8 Å². The van der Waals surface area contributed by atoms with Gasteiger partial charge in [0.15, 0.2) is 6.03 Å². The van der Waals surface area contributed by atoms with Crippen molar-refractivity contribution in [2.45, 2.75) is 195 Å². The van der Waals surface area contributed by atoms with Crippen LogP contribution in [0.5, 0.6) is 0 Å². The molecule has 0 saturated heterocycles. The van der Waals surface area contributed by atoms with Gasteiger partial charge in [0.05, 0.1) is 19.8 Å². The Morgan fingerprint density at radius 1 is 0.567 bits per heavy atom. The summed E-state index contributed by atoms with van der Waals surface area (Å²) < 4.78 is 14.2. The summed E-state index contributed by atoms with van der Waals surface area (Å²) in [5, 5.41) is 2.03. The number of amides is 5. The molecule has 15 nitrogen and oxygen atoms in total. The molecule has 344 valence electrons. The summed E-state index contributed by atoms with van der Waals surface area (Å²) in [5.74, 6) is 0.818. The van der Waals surface area contributed by atoms with Crippen molar-refractivity contribution in [1.82, 2.24) is 9.97 Å². The minimum Gasteiger partial charge on any atom is -0.632 e. The number of nitrogens with one attached hydrogen (secondary N) is 6. The summed E-state index contributed by atoms with van der Waals surface area (Å²) in [7, 11) is 0. The maximum Gasteiger partial charge on any atom is 0.254 e. The summed E-state index contributed by atoms with van der Waals surface area (Å²) in [6.45, 7) is 11.3. The van der Waals surface area contributed by atoms with E-state index in [9.17, 15) is 24.0 Å². The topological polar surface area (TPSA) is 249 Å². The molecule has 0 spiro atoms. The van der Waals surface area contributed by atoms with Gasteiger partial charge in [-0.3, -0.25) is 24.0 Å². The van der Waals surface area contributed by atoms with Crippen LogP contribution in [0.4, 0.5) is 25.1 Å². The molecular formula is C43H79N7O8Y2-4. The van der Waals surface area contributed by atoms with Gasteiger partial charge in [-0.1, -0.05) is 156 Å². The molecule has 2 unspecified atom stereocenters. The SMILES string of the molecule is CCCCCCCCC(CCCCCC)COC([NH-])=O.CCCCCCCCC(CCCCCC)COC([NH-])=O.Cc1nc(NC([NH-])=O)[nH]c(=O)c1CCOC([NH-])=O.[Y].[Y]. The fourth-order valence-electron chi connectivity index (χ4n) is 6.47. The van der Waals surface area contributed by atoms with E-state index in [-0.39, 0.29) is 84.4 Å². The van der Waals surface area contributed by atoms with Gasteiger partial charge in [-0.15, -0.1) is 0 Å². The number of H-pyrrole nitrogens is 1. The average molecular weight is 1000 g/mol. The van der Waals surface area contributed by atoms with Crippen LogP contribution in [0.2, 0.25) is 0 Å². The summed E-state index contributed by atoms with van der Waals surface area (Å²) >= 11 is 0. The molecule has 1 aromatic rings. The number of carbonyl (C=O) groups excluding carboxylic acids is 4. The third-order valence-corrected chi connectivity index (χ3v) is 9.80. The normalized spacial score (nSPS) is 11.2. The van der Waals surface area contributed by atoms with E-state index < -0.39 is 29.9 Å². The number of aromatic nitrogens is 2. The third-order valence-electron chi connectivity index (χ3n) is 9.80. The Balaban J connectivity index is -0.000000386. The Bertz CT molecular complexity index is 1210. The van der Waals surface area contributed by atoms with Crippen molar-refractivity contribution < 1.29 is 98.8 Å². The summed E-state index contributed by atoms with van der Waals surface area (Å²) in [5.41, 5.74) is 27.0. The zero-order valence-corrected chi connectivity index (χ0v) is 43.5. The second kappa shape index (κ2) is 46.7. The maximum absolute atomic E-state index is 11.6. The number of rotatable bonds is 32. The van der Waals surface area contributed by atoms with E-state index in [1.807, 2.05) is 5.32 Å². The first-order valence-electron chi connectivity index (χ1n) is 22.1. The van der Waals surface area contributed by atoms with E-state index in [2.05, 4.69) is 42.4 Å². The number of aromatic amines is 1. The molecule has 0 aliphatic carbocycles. The molecule has 60 heavy (non-hydrogen) atoms. The average Bonchev–Trinajstić information content (AvgIpc) is 3.16. The zero-order valence-electron chi connectivity index (χ0n) is 37.8. The number of hydrogen-bond acceptors (Lipinski definition) is 9. The fraction of sp³-hybridized carbons (Fsp3) is 0.814. The van der Waals surface area contributed by atoms with Gasteiger partial charge >= 0.3 is 0 Å². The van der Waals surface area contributed by atoms with Gasteiger partial charge in [-0.05, 0) is 44.4 Å². The van der Waals surface area contributed by atoms with E-state index in [0.717, 1.165) is 25.7 Å². The Morgan fingerprint density at radius 2 is 0.900 bits per heavy atom. The summed E-state index contributed by atoms with van der Waals surface area (Å²) in [6.07, 6.45) is 27.5. The van der Waals surface area contributed by atoms with Crippen molar-refractivity contribution in [2.75, 3.05) is 25.1 Å². The second-order valence-electron chi connectivity index (χ2n) is 15.1. The van der Waals surface area contributed by atoms with Gasteiger partial charge in [0.2, 0.25) is 18.3 Å². The number of hydrogen-bond donors (Lipinski definition) is 2. The van der Waals surface area contributed by atoms with E-state index in [1.54, 1.807) is 6.92 Å². The van der Waals surface area contributed by atoms with Crippen molar-refractivity contribution >= 4 is 30.3 Å². The predicted molar refractivity (Wildman–Crippen MR) is 234 cm³/mol. The van der Waals surface area contributed by atoms with Gasteiger partial charge < -0.3 is 47.4 Å². The summed E-state index contributed by atoms with van der Waals surface area (Å²) in [4.78, 5) is 59.8. The molecule has 17 heteroatoms. The number of nitrogens with zero attached hydrogens (tertiary/aromatic N) is 1. The predicted octanol–water partition coefficient (Wildman–Crippen LogP) is 14.4. The monoisotopic (exact) mass is 999 g/mol. The Morgan fingerprint density at radius 3 is 1.22 bits per heavy atom. The molecule has 0 aliphatic heterocycles. The van der Waals surface area contributed by atoms with Crippen LogP contribution in [0, 0.1) is 18.8 Å². The number of unbranched alkanes of at least 4 members (excludes halogenated alkanes) is 16. The van der Waals surface area contributed by atoms with Crippen molar-refractivity contribution in [3.05, 3.63) is 44.5 Å². The Hall–Kier alpha value is -1.83. The van der Waals surface area contributed by atoms with Crippen LogP contribution < -0.4 is 10.9 Å². The van der Waals surface area contributed by atoms with Gasteiger partial charge in [-0.2, -0.15) is 0 Å². The minimum atomic E-state index is -1.17. The number of carbonyl (C=O) groups is 4. The first-order valence-corrected chi connectivity index (χ1v) is 22.1. The molecule has 0 bridgehead atoms. The zero-order chi connectivity index (χ0) is 43.8.